The lowest BCUT2D eigenvalue weighted by atomic mass is 9.95. The smallest absolute Gasteiger partial charge is 0.330 e. The molecular formula is C9H14O3. The zero-order valence-corrected chi connectivity index (χ0v) is 7.63. The summed E-state index contributed by atoms with van der Waals surface area (Å²) in [6.45, 7) is 6.30. The van der Waals surface area contributed by atoms with Gasteiger partial charge in [-0.05, 0) is 13.8 Å². The van der Waals surface area contributed by atoms with Crippen LogP contribution in [-0.4, -0.2) is 23.3 Å². The van der Waals surface area contributed by atoms with Gasteiger partial charge in [0.05, 0.1) is 12.2 Å². The second kappa shape index (κ2) is 2.90. The van der Waals surface area contributed by atoms with E-state index in [1.165, 1.54) is 0 Å². The molecule has 2 atom stereocenters. The van der Waals surface area contributed by atoms with Gasteiger partial charge in [-0.15, -0.1) is 0 Å². The molecule has 1 aliphatic heterocycles. The maximum absolute atomic E-state index is 10.5. The molecule has 1 fully saturated rings. The fourth-order valence-corrected chi connectivity index (χ4v) is 0.999. The average molecular weight is 170 g/mol. The molecule has 1 heterocycles. The van der Waals surface area contributed by atoms with Crippen molar-refractivity contribution in [3.8, 4) is 0 Å². The third-order valence-electron chi connectivity index (χ3n) is 2.40. The van der Waals surface area contributed by atoms with Gasteiger partial charge in [0.25, 0.3) is 0 Å². The van der Waals surface area contributed by atoms with Crippen LogP contribution in [0.25, 0.3) is 0 Å². The Morgan fingerprint density at radius 1 is 1.75 bits per heavy atom. The quantitative estimate of drug-likeness (QED) is 0.515. The van der Waals surface area contributed by atoms with Crippen LogP contribution in [0.4, 0.5) is 0 Å². The fourth-order valence-electron chi connectivity index (χ4n) is 0.999. The van der Waals surface area contributed by atoms with Crippen molar-refractivity contribution in [1.29, 1.82) is 0 Å². The maximum Gasteiger partial charge on any atom is 0.330 e. The first kappa shape index (κ1) is 9.26. The molecule has 0 aromatic carbocycles. The summed E-state index contributed by atoms with van der Waals surface area (Å²) in [4.78, 5) is 10.5. The number of carbonyl (C=O) groups is 1. The lowest BCUT2D eigenvalue weighted by Crippen LogP contribution is -2.16. The van der Waals surface area contributed by atoms with Gasteiger partial charge in [-0.3, -0.25) is 0 Å². The lowest BCUT2D eigenvalue weighted by Gasteiger charge is -2.10. The summed E-state index contributed by atoms with van der Waals surface area (Å²) >= 11 is 0. The van der Waals surface area contributed by atoms with Crippen LogP contribution in [0.3, 0.4) is 0 Å². The summed E-state index contributed by atoms with van der Waals surface area (Å²) in [5, 5.41) is 8.61. The van der Waals surface area contributed by atoms with Crippen molar-refractivity contribution in [2.75, 3.05) is 6.61 Å². The SMILES string of the molecule is C/C(=C\C(C)C1(C)CO1)C(=O)O. The van der Waals surface area contributed by atoms with Gasteiger partial charge >= 0.3 is 5.97 Å². The summed E-state index contributed by atoms with van der Waals surface area (Å²) in [7, 11) is 0. The zero-order chi connectivity index (χ0) is 9.35. The van der Waals surface area contributed by atoms with Crippen molar-refractivity contribution in [2.45, 2.75) is 26.4 Å². The molecule has 0 aromatic rings. The normalized spacial score (nSPS) is 31.4. The van der Waals surface area contributed by atoms with Crippen LogP contribution in [0.2, 0.25) is 0 Å². The van der Waals surface area contributed by atoms with Gasteiger partial charge in [-0.1, -0.05) is 13.0 Å². The van der Waals surface area contributed by atoms with Crippen molar-refractivity contribution >= 4 is 5.97 Å². The van der Waals surface area contributed by atoms with Gasteiger partial charge in [0.1, 0.15) is 0 Å². The Morgan fingerprint density at radius 2 is 2.25 bits per heavy atom. The number of carboxylic acid groups (broad SMARTS) is 1. The molecule has 1 aliphatic rings. The monoisotopic (exact) mass is 170 g/mol. The number of ether oxygens (including phenoxy) is 1. The molecule has 0 amide bonds. The van der Waals surface area contributed by atoms with Crippen LogP contribution in [0.15, 0.2) is 11.6 Å². The number of carboxylic acids is 1. The first-order valence-electron chi connectivity index (χ1n) is 4.01. The molecule has 0 radical (unpaired) electrons. The van der Waals surface area contributed by atoms with Gasteiger partial charge in [-0.25, -0.2) is 4.79 Å². The molecule has 0 bridgehead atoms. The molecule has 68 valence electrons. The van der Waals surface area contributed by atoms with E-state index < -0.39 is 5.97 Å². The minimum atomic E-state index is -0.855. The molecule has 0 saturated carbocycles. The topological polar surface area (TPSA) is 49.8 Å². The highest BCUT2D eigenvalue weighted by molar-refractivity contribution is 5.85. The van der Waals surface area contributed by atoms with E-state index >= 15 is 0 Å². The molecule has 1 N–H and O–H groups in total. The van der Waals surface area contributed by atoms with Crippen LogP contribution >= 0.6 is 0 Å². The summed E-state index contributed by atoms with van der Waals surface area (Å²) in [5.41, 5.74) is 0.274. The van der Waals surface area contributed by atoms with E-state index in [0.29, 0.717) is 5.57 Å². The van der Waals surface area contributed by atoms with Gasteiger partial charge < -0.3 is 9.84 Å². The fraction of sp³-hybridized carbons (Fsp3) is 0.667. The Bertz CT molecular complexity index is 226. The molecule has 0 aliphatic carbocycles. The Hall–Kier alpha value is -0.830. The molecule has 0 spiro atoms. The van der Waals surface area contributed by atoms with Crippen molar-refractivity contribution in [3.63, 3.8) is 0 Å². The number of aliphatic carboxylic acids is 1. The summed E-state index contributed by atoms with van der Waals surface area (Å²) in [6, 6.07) is 0. The molecule has 3 nitrogen and oxygen atoms in total. The van der Waals surface area contributed by atoms with Gasteiger partial charge in [0, 0.05) is 11.5 Å². The second-order valence-electron chi connectivity index (χ2n) is 3.54. The highest BCUT2D eigenvalue weighted by Gasteiger charge is 2.43. The Balaban J connectivity index is 2.60. The predicted molar refractivity (Wildman–Crippen MR) is 44.9 cm³/mol. The molecule has 0 aromatic heterocycles. The molecule has 12 heavy (non-hydrogen) atoms. The number of hydrogen-bond donors (Lipinski definition) is 1. The molecule has 3 heteroatoms. The van der Waals surface area contributed by atoms with E-state index in [0.717, 1.165) is 6.61 Å². The third-order valence-corrected chi connectivity index (χ3v) is 2.40. The van der Waals surface area contributed by atoms with Gasteiger partial charge in [0.2, 0.25) is 0 Å². The Labute approximate surface area is 72.0 Å². The van der Waals surface area contributed by atoms with E-state index in [9.17, 15) is 4.79 Å². The third kappa shape index (κ3) is 1.85. The van der Waals surface area contributed by atoms with Crippen molar-refractivity contribution in [2.24, 2.45) is 5.92 Å². The van der Waals surface area contributed by atoms with Crippen molar-refractivity contribution in [3.05, 3.63) is 11.6 Å². The standard InChI is InChI=1S/C9H14O3/c1-6(8(10)11)4-7(2)9(3)5-12-9/h4,7H,5H2,1-3H3,(H,10,11)/b6-4+. The number of hydrogen-bond acceptors (Lipinski definition) is 2. The summed E-state index contributed by atoms with van der Waals surface area (Å²) in [5.74, 6) is -0.681. The van der Waals surface area contributed by atoms with E-state index in [1.807, 2.05) is 13.8 Å². The predicted octanol–water partition coefficient (Wildman–Crippen LogP) is 1.44. The van der Waals surface area contributed by atoms with Crippen LogP contribution in [0, 0.1) is 5.92 Å². The van der Waals surface area contributed by atoms with Crippen LogP contribution in [0.5, 0.6) is 0 Å². The summed E-state index contributed by atoms with van der Waals surface area (Å²) in [6.07, 6.45) is 1.75. The van der Waals surface area contributed by atoms with Crippen LogP contribution < -0.4 is 0 Å². The Kier molecular flexibility index (Phi) is 2.24. The first-order valence-corrected chi connectivity index (χ1v) is 4.01. The number of rotatable bonds is 3. The van der Waals surface area contributed by atoms with Crippen LogP contribution in [0.1, 0.15) is 20.8 Å². The molecule has 2 unspecified atom stereocenters. The molecular weight excluding hydrogens is 156 g/mol. The number of epoxide rings is 1. The first-order chi connectivity index (χ1) is 5.46. The second-order valence-corrected chi connectivity index (χ2v) is 3.54. The average Bonchev–Trinajstić information content (AvgIpc) is 2.69. The Morgan fingerprint density at radius 3 is 2.58 bits per heavy atom. The van der Waals surface area contributed by atoms with Gasteiger partial charge in [-0.2, -0.15) is 0 Å². The highest BCUT2D eigenvalue weighted by Crippen LogP contribution is 2.35. The lowest BCUT2D eigenvalue weighted by molar-refractivity contribution is -0.132. The van der Waals surface area contributed by atoms with E-state index in [-0.39, 0.29) is 11.5 Å². The minimum Gasteiger partial charge on any atom is -0.478 e. The highest BCUT2D eigenvalue weighted by atomic mass is 16.6. The summed E-state index contributed by atoms with van der Waals surface area (Å²) < 4.78 is 5.20. The largest absolute Gasteiger partial charge is 0.478 e. The zero-order valence-electron chi connectivity index (χ0n) is 7.63. The minimum absolute atomic E-state index is 0.114. The van der Waals surface area contributed by atoms with Crippen molar-refractivity contribution in [1.82, 2.24) is 0 Å². The van der Waals surface area contributed by atoms with Crippen molar-refractivity contribution < 1.29 is 14.6 Å². The van der Waals surface area contributed by atoms with E-state index in [4.69, 9.17) is 9.84 Å². The van der Waals surface area contributed by atoms with Gasteiger partial charge in [0.15, 0.2) is 0 Å². The van der Waals surface area contributed by atoms with E-state index in [1.54, 1.807) is 13.0 Å². The van der Waals surface area contributed by atoms with E-state index in [2.05, 4.69) is 0 Å². The molecule has 1 saturated heterocycles. The maximum atomic E-state index is 10.5. The molecule has 1 rings (SSSR count). The van der Waals surface area contributed by atoms with Crippen LogP contribution in [-0.2, 0) is 9.53 Å².